The smallest absolute Gasteiger partial charge is 0.310 e. The van der Waals surface area contributed by atoms with Crippen molar-refractivity contribution in [2.75, 3.05) is 13.1 Å². The van der Waals surface area contributed by atoms with E-state index in [-0.39, 0.29) is 24.5 Å². The van der Waals surface area contributed by atoms with Crippen LogP contribution in [0.5, 0.6) is 0 Å². The van der Waals surface area contributed by atoms with Gasteiger partial charge in [0.25, 0.3) is 11.8 Å². The second kappa shape index (κ2) is 7.40. The summed E-state index contributed by atoms with van der Waals surface area (Å²) in [6, 6.07) is 2.86. The molecule has 0 spiro atoms. The number of nitrogens with one attached hydrogen (secondary N) is 2. The number of aryl methyl sites for hydroxylation is 2. The number of hydrogen-bond donors (Lipinski definition) is 3. The molecule has 128 valence electrons. The number of carbonyl (C=O) groups is 3. The maximum atomic E-state index is 11.8. The molecule has 0 aliphatic heterocycles. The predicted octanol–water partition coefficient (Wildman–Crippen LogP) is 0.140. The van der Waals surface area contributed by atoms with Crippen LogP contribution in [0.25, 0.3) is 0 Å². The molecule has 0 atom stereocenters. The second-order valence-electron chi connectivity index (χ2n) is 5.10. The summed E-state index contributed by atoms with van der Waals surface area (Å²) in [5, 5.41) is 21.1. The molecule has 0 aromatic carbocycles. The molecule has 2 aromatic heterocycles. The van der Waals surface area contributed by atoms with Crippen LogP contribution in [0, 0.1) is 19.8 Å². The van der Waals surface area contributed by atoms with Crippen LogP contribution in [0.4, 0.5) is 0 Å². The Hall–Kier alpha value is -3.17. The number of rotatable bonds is 7. The van der Waals surface area contributed by atoms with Crippen LogP contribution >= 0.6 is 0 Å². The standard InChI is InChI=1S/C14H16N4O6/c1-7-3-10(17-23-7)12(19)15-5-9(14(21)22)6-16-13(20)11-4-8(2)24-18-11/h3-4,9H,5-6H2,1-2H3,(H,15,19)(H,16,20)(H,21,22). The van der Waals surface area contributed by atoms with E-state index in [4.69, 9.17) is 9.05 Å². The molecule has 10 heteroatoms. The highest BCUT2D eigenvalue weighted by Gasteiger charge is 2.21. The molecule has 0 aliphatic carbocycles. The Morgan fingerprint density at radius 2 is 1.42 bits per heavy atom. The molecule has 2 aromatic rings. The maximum Gasteiger partial charge on any atom is 0.310 e. The third kappa shape index (κ3) is 4.41. The summed E-state index contributed by atoms with van der Waals surface area (Å²) in [6.45, 7) is 2.90. The summed E-state index contributed by atoms with van der Waals surface area (Å²) >= 11 is 0. The first-order valence-corrected chi connectivity index (χ1v) is 7.02. The van der Waals surface area contributed by atoms with Crippen LogP contribution in [0.1, 0.15) is 32.5 Å². The molecule has 0 bridgehead atoms. The van der Waals surface area contributed by atoms with Crippen molar-refractivity contribution in [2.45, 2.75) is 13.8 Å². The summed E-state index contributed by atoms with van der Waals surface area (Å²) in [6.07, 6.45) is 0. The maximum absolute atomic E-state index is 11.8. The molecule has 2 amide bonds. The van der Waals surface area contributed by atoms with Gasteiger partial charge in [-0.3, -0.25) is 14.4 Å². The van der Waals surface area contributed by atoms with Gasteiger partial charge < -0.3 is 24.8 Å². The monoisotopic (exact) mass is 336 g/mol. The van der Waals surface area contributed by atoms with Crippen molar-refractivity contribution in [1.29, 1.82) is 0 Å². The fourth-order valence-corrected chi connectivity index (χ4v) is 1.81. The van der Waals surface area contributed by atoms with Crippen LogP contribution in [-0.2, 0) is 4.79 Å². The van der Waals surface area contributed by atoms with Crippen LogP contribution in [0.3, 0.4) is 0 Å². The van der Waals surface area contributed by atoms with Gasteiger partial charge in [-0.15, -0.1) is 0 Å². The first-order valence-electron chi connectivity index (χ1n) is 7.02. The van der Waals surface area contributed by atoms with Crippen molar-refractivity contribution in [1.82, 2.24) is 20.9 Å². The molecule has 10 nitrogen and oxygen atoms in total. The summed E-state index contributed by atoms with van der Waals surface area (Å²) < 4.78 is 9.54. The second-order valence-corrected chi connectivity index (χ2v) is 5.10. The molecule has 0 radical (unpaired) electrons. The molecule has 0 saturated heterocycles. The van der Waals surface area contributed by atoms with Crippen molar-refractivity contribution >= 4 is 17.8 Å². The average Bonchev–Trinajstić information content (AvgIpc) is 3.15. The summed E-state index contributed by atoms with van der Waals surface area (Å²) in [7, 11) is 0. The quantitative estimate of drug-likeness (QED) is 0.646. The van der Waals surface area contributed by atoms with Gasteiger partial charge >= 0.3 is 5.97 Å². The first-order chi connectivity index (χ1) is 11.4. The van der Waals surface area contributed by atoms with E-state index in [1.54, 1.807) is 13.8 Å². The molecule has 2 rings (SSSR count). The molecular weight excluding hydrogens is 320 g/mol. The van der Waals surface area contributed by atoms with E-state index in [2.05, 4.69) is 20.9 Å². The third-order valence-electron chi connectivity index (χ3n) is 3.09. The Bertz CT molecular complexity index is 694. The molecule has 3 N–H and O–H groups in total. The van der Waals surface area contributed by atoms with E-state index in [0.29, 0.717) is 11.5 Å². The number of amides is 2. The lowest BCUT2D eigenvalue weighted by Crippen LogP contribution is -2.40. The Labute approximate surface area is 136 Å². The SMILES string of the molecule is Cc1cc(C(=O)NCC(CNC(=O)c2cc(C)on2)C(=O)O)no1. The number of carboxylic acid groups (broad SMARTS) is 1. The highest BCUT2D eigenvalue weighted by Crippen LogP contribution is 2.03. The fraction of sp³-hybridized carbons (Fsp3) is 0.357. The molecular formula is C14H16N4O6. The van der Waals surface area contributed by atoms with Crippen LogP contribution < -0.4 is 10.6 Å². The van der Waals surface area contributed by atoms with Gasteiger partial charge in [0, 0.05) is 25.2 Å². The van der Waals surface area contributed by atoms with Crippen molar-refractivity contribution in [3.63, 3.8) is 0 Å². The topological polar surface area (TPSA) is 148 Å². The van der Waals surface area contributed by atoms with Crippen LogP contribution in [0.15, 0.2) is 21.2 Å². The van der Waals surface area contributed by atoms with Gasteiger partial charge in [-0.25, -0.2) is 0 Å². The third-order valence-corrected chi connectivity index (χ3v) is 3.09. The van der Waals surface area contributed by atoms with Crippen molar-refractivity contribution < 1.29 is 28.5 Å². The van der Waals surface area contributed by atoms with E-state index in [1.807, 2.05) is 0 Å². The molecule has 0 unspecified atom stereocenters. The fourth-order valence-electron chi connectivity index (χ4n) is 1.81. The average molecular weight is 336 g/mol. The summed E-state index contributed by atoms with van der Waals surface area (Å²) in [4.78, 5) is 34.9. The van der Waals surface area contributed by atoms with Gasteiger partial charge in [-0.05, 0) is 13.8 Å². The van der Waals surface area contributed by atoms with E-state index in [0.717, 1.165) is 0 Å². The summed E-state index contributed by atoms with van der Waals surface area (Å²) in [5.74, 6) is -2.37. The van der Waals surface area contributed by atoms with Crippen LogP contribution in [-0.4, -0.2) is 46.3 Å². The zero-order chi connectivity index (χ0) is 17.7. The van der Waals surface area contributed by atoms with E-state index < -0.39 is 23.7 Å². The number of hydrogen-bond acceptors (Lipinski definition) is 7. The lowest BCUT2D eigenvalue weighted by Gasteiger charge is -2.13. The van der Waals surface area contributed by atoms with E-state index in [1.165, 1.54) is 12.1 Å². The normalized spacial score (nSPS) is 10.6. The van der Waals surface area contributed by atoms with Crippen molar-refractivity contribution in [3.8, 4) is 0 Å². The Morgan fingerprint density at radius 3 is 1.71 bits per heavy atom. The number of carbonyl (C=O) groups excluding carboxylic acids is 2. The summed E-state index contributed by atoms with van der Waals surface area (Å²) in [5.41, 5.74) is 0.109. The molecule has 2 heterocycles. The number of aromatic nitrogens is 2. The lowest BCUT2D eigenvalue weighted by molar-refractivity contribution is -0.141. The van der Waals surface area contributed by atoms with Gasteiger partial charge in [0.15, 0.2) is 11.4 Å². The van der Waals surface area contributed by atoms with Gasteiger partial charge in [0.1, 0.15) is 11.5 Å². The number of carboxylic acids is 1. The van der Waals surface area contributed by atoms with Gasteiger partial charge in [-0.2, -0.15) is 0 Å². The minimum Gasteiger partial charge on any atom is -0.481 e. The Morgan fingerprint density at radius 1 is 1.00 bits per heavy atom. The minimum absolute atomic E-state index is 0.0544. The van der Waals surface area contributed by atoms with Crippen LogP contribution in [0.2, 0.25) is 0 Å². The number of nitrogens with zero attached hydrogens (tertiary/aromatic N) is 2. The largest absolute Gasteiger partial charge is 0.481 e. The number of aliphatic carboxylic acids is 1. The zero-order valence-corrected chi connectivity index (χ0v) is 13.0. The zero-order valence-electron chi connectivity index (χ0n) is 13.0. The minimum atomic E-state index is -1.16. The van der Waals surface area contributed by atoms with Gasteiger partial charge in [-0.1, -0.05) is 10.3 Å². The van der Waals surface area contributed by atoms with Crippen molar-refractivity contribution in [2.24, 2.45) is 5.92 Å². The highest BCUT2D eigenvalue weighted by atomic mass is 16.5. The Balaban J connectivity index is 1.86. The lowest BCUT2D eigenvalue weighted by atomic mass is 10.1. The molecule has 24 heavy (non-hydrogen) atoms. The molecule has 0 aliphatic rings. The van der Waals surface area contributed by atoms with E-state index >= 15 is 0 Å². The van der Waals surface area contributed by atoms with Gasteiger partial charge in [0.2, 0.25) is 0 Å². The van der Waals surface area contributed by atoms with Gasteiger partial charge in [0.05, 0.1) is 5.92 Å². The predicted molar refractivity (Wildman–Crippen MR) is 78.3 cm³/mol. The molecule has 0 fully saturated rings. The first kappa shape index (κ1) is 17.2. The Kier molecular flexibility index (Phi) is 5.30. The van der Waals surface area contributed by atoms with Crippen molar-refractivity contribution in [3.05, 3.63) is 35.0 Å². The van der Waals surface area contributed by atoms with E-state index in [9.17, 15) is 19.5 Å². The highest BCUT2D eigenvalue weighted by molar-refractivity contribution is 5.93. The molecule has 0 saturated carbocycles.